The largest absolute Gasteiger partial charge is 0.492 e. The van der Waals surface area contributed by atoms with Gasteiger partial charge in [0.1, 0.15) is 18.2 Å². The van der Waals surface area contributed by atoms with E-state index >= 15 is 0 Å². The third kappa shape index (κ3) is 3.05. The van der Waals surface area contributed by atoms with Gasteiger partial charge in [0.05, 0.1) is 5.92 Å². The van der Waals surface area contributed by atoms with E-state index < -0.39 is 0 Å². The van der Waals surface area contributed by atoms with Crippen LogP contribution in [0.2, 0.25) is 0 Å². The molecule has 0 aliphatic carbocycles. The topological polar surface area (TPSA) is 38.3 Å². The highest BCUT2D eigenvalue weighted by molar-refractivity contribution is 5.79. The lowest BCUT2D eigenvalue weighted by atomic mass is 9.96. The number of halogens is 1. The minimum atomic E-state index is -0.303. The molecule has 0 saturated carbocycles. The van der Waals surface area contributed by atoms with E-state index in [2.05, 4.69) is 5.32 Å². The Morgan fingerprint density at radius 3 is 2.81 bits per heavy atom. The molecule has 4 heteroatoms. The highest BCUT2D eigenvalue weighted by Crippen LogP contribution is 2.26. The van der Waals surface area contributed by atoms with Gasteiger partial charge in [-0.15, -0.1) is 0 Å². The number of carbonyl (C=O) groups is 1. The van der Waals surface area contributed by atoms with Crippen LogP contribution in [-0.2, 0) is 17.8 Å². The van der Waals surface area contributed by atoms with Gasteiger partial charge in [0, 0.05) is 12.1 Å². The average molecular weight is 285 g/mol. The number of hydrogen-bond donors (Lipinski definition) is 1. The van der Waals surface area contributed by atoms with Crippen molar-refractivity contribution in [3.05, 3.63) is 65.5 Å². The number of nitrogens with one attached hydrogen (secondary N) is 1. The number of amides is 1. The smallest absolute Gasteiger partial charge is 0.227 e. The lowest BCUT2D eigenvalue weighted by molar-refractivity contribution is -0.126. The van der Waals surface area contributed by atoms with Crippen LogP contribution >= 0.6 is 0 Å². The lowest BCUT2D eigenvalue weighted by Gasteiger charge is -2.24. The van der Waals surface area contributed by atoms with Crippen molar-refractivity contribution in [2.24, 2.45) is 5.92 Å². The molecule has 3 rings (SSSR count). The third-order valence-electron chi connectivity index (χ3n) is 3.66. The molecule has 0 saturated heterocycles. The molecule has 2 aromatic rings. The van der Waals surface area contributed by atoms with Crippen molar-refractivity contribution in [3.8, 4) is 5.75 Å². The van der Waals surface area contributed by atoms with Crippen molar-refractivity contribution >= 4 is 5.91 Å². The molecule has 1 aliphatic rings. The molecular weight excluding hydrogens is 269 g/mol. The van der Waals surface area contributed by atoms with Crippen molar-refractivity contribution in [3.63, 3.8) is 0 Å². The van der Waals surface area contributed by atoms with Crippen LogP contribution in [0.3, 0.4) is 0 Å². The Morgan fingerprint density at radius 2 is 1.95 bits per heavy atom. The van der Waals surface area contributed by atoms with Gasteiger partial charge >= 0.3 is 0 Å². The zero-order valence-corrected chi connectivity index (χ0v) is 11.5. The predicted molar refractivity (Wildman–Crippen MR) is 77.4 cm³/mol. The molecule has 1 unspecified atom stereocenters. The Labute approximate surface area is 122 Å². The van der Waals surface area contributed by atoms with Crippen LogP contribution in [-0.4, -0.2) is 12.5 Å². The molecule has 0 spiro atoms. The number of hydrogen-bond acceptors (Lipinski definition) is 2. The van der Waals surface area contributed by atoms with Crippen LogP contribution in [0.1, 0.15) is 11.1 Å². The molecule has 1 amide bonds. The number of fused-ring (bicyclic) bond motifs is 1. The second-order valence-corrected chi connectivity index (χ2v) is 5.13. The number of benzene rings is 2. The summed E-state index contributed by atoms with van der Waals surface area (Å²) in [6.07, 6.45) is 0.652. The summed E-state index contributed by atoms with van der Waals surface area (Å²) in [5, 5.41) is 2.78. The Bertz CT molecular complexity index is 657. The summed E-state index contributed by atoms with van der Waals surface area (Å²) in [5.41, 5.74) is 1.53. The molecule has 0 bridgehead atoms. The molecule has 0 fully saturated rings. The van der Waals surface area contributed by atoms with Crippen LogP contribution in [0, 0.1) is 11.7 Å². The second kappa shape index (κ2) is 5.95. The highest BCUT2D eigenvalue weighted by atomic mass is 19.1. The molecule has 1 aliphatic heterocycles. The predicted octanol–water partition coefficient (Wildman–Crippen LogP) is 2.69. The molecule has 108 valence electrons. The van der Waals surface area contributed by atoms with E-state index in [-0.39, 0.29) is 24.2 Å². The standard InChI is InChI=1S/C17H16FNO2/c18-15-7-3-1-6-13(15)10-19-17(20)14-9-12-5-2-4-8-16(12)21-11-14/h1-8,14H,9-11H2,(H,19,20). The van der Waals surface area contributed by atoms with Crippen molar-refractivity contribution in [2.45, 2.75) is 13.0 Å². The summed E-state index contributed by atoms with van der Waals surface area (Å²) in [7, 11) is 0. The first-order chi connectivity index (χ1) is 10.2. The molecule has 0 aromatic heterocycles. The maximum Gasteiger partial charge on any atom is 0.227 e. The van der Waals surface area contributed by atoms with Gasteiger partial charge in [0.2, 0.25) is 5.91 Å². The fourth-order valence-corrected chi connectivity index (χ4v) is 2.46. The minimum absolute atomic E-state index is 0.104. The Balaban J connectivity index is 1.61. The molecule has 2 aromatic carbocycles. The normalized spacial score (nSPS) is 16.7. The van der Waals surface area contributed by atoms with Crippen LogP contribution in [0.25, 0.3) is 0 Å². The van der Waals surface area contributed by atoms with Crippen molar-refractivity contribution < 1.29 is 13.9 Å². The van der Waals surface area contributed by atoms with E-state index in [1.54, 1.807) is 18.2 Å². The van der Waals surface area contributed by atoms with Gasteiger partial charge in [-0.3, -0.25) is 4.79 Å². The van der Waals surface area contributed by atoms with Crippen LogP contribution in [0.5, 0.6) is 5.75 Å². The van der Waals surface area contributed by atoms with Crippen molar-refractivity contribution in [2.75, 3.05) is 6.61 Å². The highest BCUT2D eigenvalue weighted by Gasteiger charge is 2.25. The molecule has 3 nitrogen and oxygen atoms in total. The molecule has 1 heterocycles. The number of carbonyl (C=O) groups excluding carboxylic acids is 1. The van der Waals surface area contributed by atoms with E-state index in [4.69, 9.17) is 4.74 Å². The lowest BCUT2D eigenvalue weighted by Crippen LogP contribution is -2.37. The summed E-state index contributed by atoms with van der Waals surface area (Å²) in [6, 6.07) is 14.2. The fraction of sp³-hybridized carbons (Fsp3) is 0.235. The average Bonchev–Trinajstić information content (AvgIpc) is 2.53. The Morgan fingerprint density at radius 1 is 1.19 bits per heavy atom. The first-order valence-corrected chi connectivity index (χ1v) is 6.96. The number of ether oxygens (including phenoxy) is 1. The van der Waals surface area contributed by atoms with Crippen LogP contribution < -0.4 is 10.1 Å². The SMILES string of the molecule is O=C(NCc1ccccc1F)C1COc2ccccc2C1. The van der Waals surface area contributed by atoms with Gasteiger partial charge in [-0.1, -0.05) is 36.4 Å². The van der Waals surface area contributed by atoms with E-state index in [9.17, 15) is 9.18 Å². The van der Waals surface area contributed by atoms with Gasteiger partial charge < -0.3 is 10.1 Å². The van der Waals surface area contributed by atoms with E-state index in [1.807, 2.05) is 24.3 Å². The minimum Gasteiger partial charge on any atom is -0.492 e. The quantitative estimate of drug-likeness (QED) is 0.941. The maximum absolute atomic E-state index is 13.5. The van der Waals surface area contributed by atoms with E-state index in [1.165, 1.54) is 6.07 Å². The molecule has 21 heavy (non-hydrogen) atoms. The monoisotopic (exact) mass is 285 g/mol. The summed E-state index contributed by atoms with van der Waals surface area (Å²) >= 11 is 0. The van der Waals surface area contributed by atoms with Crippen LogP contribution in [0.15, 0.2) is 48.5 Å². The maximum atomic E-state index is 13.5. The zero-order chi connectivity index (χ0) is 14.7. The summed E-state index contributed by atoms with van der Waals surface area (Å²) < 4.78 is 19.1. The van der Waals surface area contributed by atoms with Crippen LogP contribution in [0.4, 0.5) is 4.39 Å². The Kier molecular flexibility index (Phi) is 3.86. The first-order valence-electron chi connectivity index (χ1n) is 6.96. The second-order valence-electron chi connectivity index (χ2n) is 5.13. The van der Waals surface area contributed by atoms with Crippen molar-refractivity contribution in [1.82, 2.24) is 5.32 Å². The molecule has 0 radical (unpaired) electrons. The molecular formula is C17H16FNO2. The van der Waals surface area contributed by atoms with Gasteiger partial charge in [0.25, 0.3) is 0 Å². The fourth-order valence-electron chi connectivity index (χ4n) is 2.46. The number of rotatable bonds is 3. The molecule has 1 atom stereocenters. The first kappa shape index (κ1) is 13.6. The van der Waals surface area contributed by atoms with E-state index in [0.717, 1.165) is 11.3 Å². The van der Waals surface area contributed by atoms with Crippen molar-refractivity contribution in [1.29, 1.82) is 0 Å². The van der Waals surface area contributed by atoms with Gasteiger partial charge in [0.15, 0.2) is 0 Å². The Hall–Kier alpha value is -2.36. The van der Waals surface area contributed by atoms with Gasteiger partial charge in [-0.05, 0) is 24.1 Å². The third-order valence-corrected chi connectivity index (χ3v) is 3.66. The van der Waals surface area contributed by atoms with Gasteiger partial charge in [-0.25, -0.2) is 4.39 Å². The molecule has 1 N–H and O–H groups in total. The van der Waals surface area contributed by atoms with E-state index in [0.29, 0.717) is 18.6 Å². The number of para-hydroxylation sites is 1. The summed E-state index contributed by atoms with van der Waals surface area (Å²) in [5.74, 6) is 0.207. The summed E-state index contributed by atoms with van der Waals surface area (Å²) in [4.78, 5) is 12.2. The summed E-state index contributed by atoms with van der Waals surface area (Å²) in [6.45, 7) is 0.559. The zero-order valence-electron chi connectivity index (χ0n) is 11.5. The van der Waals surface area contributed by atoms with Gasteiger partial charge in [-0.2, -0.15) is 0 Å².